The molecule has 2 N–H and O–H groups in total. The van der Waals surface area contributed by atoms with Crippen LogP contribution in [0, 0.1) is 18.3 Å². The average molecular weight is 332 g/mol. The highest BCUT2D eigenvalue weighted by Gasteiger charge is 2.35. The summed E-state index contributed by atoms with van der Waals surface area (Å²) in [5.74, 6) is 1.33. The van der Waals surface area contributed by atoms with E-state index >= 15 is 0 Å². The van der Waals surface area contributed by atoms with Crippen molar-refractivity contribution in [1.29, 1.82) is 0 Å². The fraction of sp³-hybridized carbons (Fsp3) is 0.684. The van der Waals surface area contributed by atoms with Crippen LogP contribution in [0.3, 0.4) is 0 Å². The smallest absolute Gasteiger partial charge is 0.191 e. The van der Waals surface area contributed by atoms with Crippen LogP contribution < -0.4 is 10.6 Å². The zero-order valence-corrected chi connectivity index (χ0v) is 15.7. The highest BCUT2D eigenvalue weighted by molar-refractivity contribution is 5.79. The van der Waals surface area contributed by atoms with Gasteiger partial charge in [0.05, 0.1) is 18.3 Å². The first-order valence-corrected chi connectivity index (χ1v) is 8.88. The molecule has 1 aliphatic heterocycles. The molecule has 0 amide bonds. The minimum atomic E-state index is 0.161. The van der Waals surface area contributed by atoms with Gasteiger partial charge in [0.25, 0.3) is 0 Å². The van der Waals surface area contributed by atoms with E-state index in [9.17, 15) is 0 Å². The summed E-state index contributed by atoms with van der Waals surface area (Å²) in [6.45, 7) is 11.3. The van der Waals surface area contributed by atoms with E-state index in [1.54, 1.807) is 7.05 Å². The molecule has 134 valence electrons. The molecule has 0 spiro atoms. The first-order valence-electron chi connectivity index (χ1n) is 8.88. The molecule has 1 fully saturated rings. The summed E-state index contributed by atoms with van der Waals surface area (Å²) in [5.41, 5.74) is 2.40. The number of pyridine rings is 1. The second-order valence-electron chi connectivity index (χ2n) is 7.63. The van der Waals surface area contributed by atoms with E-state index in [-0.39, 0.29) is 11.5 Å². The Kier molecular flexibility index (Phi) is 6.60. The van der Waals surface area contributed by atoms with E-state index in [0.717, 1.165) is 31.2 Å². The zero-order chi connectivity index (χ0) is 17.6. The zero-order valence-electron chi connectivity index (χ0n) is 15.7. The number of nitrogens with one attached hydrogen (secondary N) is 2. The number of aromatic nitrogens is 1. The van der Waals surface area contributed by atoms with Crippen LogP contribution in [0.4, 0.5) is 0 Å². The Morgan fingerprint density at radius 2 is 2.17 bits per heavy atom. The molecule has 2 rings (SSSR count). The van der Waals surface area contributed by atoms with Gasteiger partial charge in [-0.15, -0.1) is 0 Å². The van der Waals surface area contributed by atoms with E-state index < -0.39 is 0 Å². The van der Waals surface area contributed by atoms with E-state index in [2.05, 4.69) is 54.4 Å². The fourth-order valence-corrected chi connectivity index (χ4v) is 3.33. The van der Waals surface area contributed by atoms with Crippen LogP contribution in [-0.2, 0) is 11.3 Å². The van der Waals surface area contributed by atoms with Gasteiger partial charge in [0.1, 0.15) is 0 Å². The Morgan fingerprint density at radius 3 is 2.83 bits per heavy atom. The summed E-state index contributed by atoms with van der Waals surface area (Å²) in [6.07, 6.45) is 4.45. The number of guanidine groups is 1. The minimum Gasteiger partial charge on any atom is -0.377 e. The largest absolute Gasteiger partial charge is 0.377 e. The normalized spacial score (nSPS) is 22.3. The van der Waals surface area contributed by atoms with Gasteiger partial charge in [-0.05, 0) is 36.8 Å². The first-order chi connectivity index (χ1) is 11.4. The molecule has 2 unspecified atom stereocenters. The van der Waals surface area contributed by atoms with Crippen molar-refractivity contribution in [3.8, 4) is 0 Å². The third kappa shape index (κ3) is 5.20. The van der Waals surface area contributed by atoms with Crippen molar-refractivity contribution >= 4 is 5.96 Å². The van der Waals surface area contributed by atoms with Gasteiger partial charge in [0.15, 0.2) is 5.96 Å². The van der Waals surface area contributed by atoms with E-state index in [1.165, 1.54) is 12.0 Å². The summed E-state index contributed by atoms with van der Waals surface area (Å²) in [7, 11) is 1.80. The van der Waals surface area contributed by atoms with Gasteiger partial charge in [-0.3, -0.25) is 9.98 Å². The van der Waals surface area contributed by atoms with E-state index in [4.69, 9.17) is 4.74 Å². The molecule has 2 atom stereocenters. The number of rotatable bonds is 4. The van der Waals surface area contributed by atoms with Crippen molar-refractivity contribution in [1.82, 2.24) is 15.6 Å². The summed E-state index contributed by atoms with van der Waals surface area (Å²) in [4.78, 5) is 8.74. The van der Waals surface area contributed by atoms with Crippen LogP contribution in [0.15, 0.2) is 23.3 Å². The van der Waals surface area contributed by atoms with Gasteiger partial charge < -0.3 is 15.4 Å². The Hall–Kier alpha value is -1.62. The molecule has 1 aliphatic rings. The Labute approximate surface area is 146 Å². The molecule has 0 aromatic carbocycles. The maximum atomic E-state index is 6.06. The van der Waals surface area contributed by atoms with Gasteiger partial charge >= 0.3 is 0 Å². The quantitative estimate of drug-likeness (QED) is 0.657. The number of aryl methyl sites for hydroxylation is 1. The predicted molar refractivity (Wildman–Crippen MR) is 99.1 cm³/mol. The Bertz CT molecular complexity index is 551. The van der Waals surface area contributed by atoms with Crippen LogP contribution in [0.2, 0.25) is 0 Å². The number of hydrogen-bond acceptors (Lipinski definition) is 3. The van der Waals surface area contributed by atoms with Gasteiger partial charge in [0.2, 0.25) is 0 Å². The Morgan fingerprint density at radius 1 is 1.38 bits per heavy atom. The minimum absolute atomic E-state index is 0.161. The second-order valence-corrected chi connectivity index (χ2v) is 7.63. The summed E-state index contributed by atoms with van der Waals surface area (Å²) in [6, 6.07) is 4.04. The average Bonchev–Trinajstić information content (AvgIpc) is 2.56. The fourth-order valence-electron chi connectivity index (χ4n) is 3.33. The molecule has 0 aliphatic carbocycles. The highest BCUT2D eigenvalue weighted by Crippen LogP contribution is 2.33. The molecule has 5 heteroatoms. The third-order valence-electron chi connectivity index (χ3n) is 4.59. The lowest BCUT2D eigenvalue weighted by molar-refractivity contribution is -0.0835. The number of ether oxygens (including phenoxy) is 1. The molecule has 0 radical (unpaired) electrons. The lowest BCUT2D eigenvalue weighted by Gasteiger charge is -2.40. The summed E-state index contributed by atoms with van der Waals surface area (Å²) >= 11 is 0. The topological polar surface area (TPSA) is 58.5 Å². The van der Waals surface area contributed by atoms with Crippen LogP contribution in [0.25, 0.3) is 0 Å². The molecule has 2 heterocycles. The van der Waals surface area contributed by atoms with Crippen LogP contribution in [0.1, 0.15) is 44.9 Å². The molecule has 1 aromatic rings. The molecule has 24 heavy (non-hydrogen) atoms. The molecule has 1 saturated heterocycles. The van der Waals surface area contributed by atoms with Crippen molar-refractivity contribution in [2.24, 2.45) is 16.3 Å². The monoisotopic (exact) mass is 332 g/mol. The van der Waals surface area contributed by atoms with Crippen LogP contribution in [0.5, 0.6) is 0 Å². The van der Waals surface area contributed by atoms with E-state index in [1.807, 2.05) is 12.3 Å². The van der Waals surface area contributed by atoms with Crippen molar-refractivity contribution in [3.05, 3.63) is 29.6 Å². The first kappa shape index (κ1) is 18.7. The highest BCUT2D eigenvalue weighted by atomic mass is 16.5. The summed E-state index contributed by atoms with van der Waals surface area (Å²) < 4.78 is 6.06. The molecule has 0 bridgehead atoms. The number of aliphatic imine (C=N–C) groups is 1. The molecule has 0 saturated carbocycles. The van der Waals surface area contributed by atoms with Gasteiger partial charge in [-0.1, -0.05) is 26.8 Å². The lowest BCUT2D eigenvalue weighted by atomic mass is 9.78. The van der Waals surface area contributed by atoms with Gasteiger partial charge in [0, 0.05) is 32.3 Å². The van der Waals surface area contributed by atoms with Gasteiger partial charge in [-0.2, -0.15) is 0 Å². The second kappa shape index (κ2) is 8.47. The van der Waals surface area contributed by atoms with Crippen molar-refractivity contribution in [2.75, 3.05) is 20.2 Å². The van der Waals surface area contributed by atoms with Crippen molar-refractivity contribution in [3.63, 3.8) is 0 Å². The lowest BCUT2D eigenvalue weighted by Crippen LogP contribution is -2.47. The number of nitrogens with zero attached hydrogens (tertiary/aromatic N) is 2. The predicted octanol–water partition coefficient (Wildman–Crippen LogP) is 2.90. The van der Waals surface area contributed by atoms with Crippen LogP contribution >= 0.6 is 0 Å². The molecular formula is C19H32N4O. The SMILES string of the molecule is CN=C(NCc1ncccc1C)NCC1CCCOC1C(C)(C)C. The third-order valence-corrected chi connectivity index (χ3v) is 4.59. The van der Waals surface area contributed by atoms with Crippen molar-refractivity contribution < 1.29 is 4.74 Å². The standard InChI is InChI=1S/C19H32N4O/c1-14-8-6-10-21-16(14)13-23-18(20-5)22-12-15-9-7-11-24-17(15)19(2,3)4/h6,8,10,15,17H,7,9,11-13H2,1-5H3,(H2,20,22,23). The van der Waals surface area contributed by atoms with E-state index in [0.29, 0.717) is 12.5 Å². The maximum absolute atomic E-state index is 6.06. The van der Waals surface area contributed by atoms with Crippen molar-refractivity contribution in [2.45, 2.75) is 53.2 Å². The molecule has 1 aromatic heterocycles. The summed E-state index contributed by atoms with van der Waals surface area (Å²) in [5, 5.41) is 6.82. The molecule has 5 nitrogen and oxygen atoms in total. The maximum Gasteiger partial charge on any atom is 0.191 e. The number of hydrogen-bond donors (Lipinski definition) is 2. The van der Waals surface area contributed by atoms with Gasteiger partial charge in [-0.25, -0.2) is 0 Å². The Balaban J connectivity index is 1.87. The van der Waals surface area contributed by atoms with Crippen LogP contribution in [-0.4, -0.2) is 37.2 Å². The molecular weight excluding hydrogens is 300 g/mol.